The van der Waals surface area contributed by atoms with Gasteiger partial charge in [-0.05, 0) is 17.3 Å². The van der Waals surface area contributed by atoms with Crippen molar-refractivity contribution in [3.8, 4) is 0 Å². The molecule has 0 radical (unpaired) electrons. The summed E-state index contributed by atoms with van der Waals surface area (Å²) in [5.41, 5.74) is 6.99. The predicted octanol–water partition coefficient (Wildman–Crippen LogP) is 1.32. The Bertz CT molecular complexity index is 442. The molecule has 1 saturated heterocycles. The highest BCUT2D eigenvalue weighted by atomic mass is 16.5. The van der Waals surface area contributed by atoms with Gasteiger partial charge in [0, 0.05) is 24.3 Å². The third-order valence-electron chi connectivity index (χ3n) is 2.75. The third-order valence-corrected chi connectivity index (χ3v) is 2.75. The number of aldehydes is 1. The van der Waals surface area contributed by atoms with Gasteiger partial charge in [-0.25, -0.2) is 0 Å². The number of benzene rings is 1. The Morgan fingerprint density at radius 3 is 2.65 bits per heavy atom. The predicted molar refractivity (Wildman–Crippen MR) is 64.7 cm³/mol. The van der Waals surface area contributed by atoms with Gasteiger partial charge in [0.15, 0.2) is 6.29 Å². The zero-order valence-corrected chi connectivity index (χ0v) is 9.26. The number of carbonyl (C=O) groups excluding carboxylic acids is 1. The van der Waals surface area contributed by atoms with Crippen molar-refractivity contribution in [2.75, 3.05) is 36.9 Å². The maximum Gasteiger partial charge on any atom is 0.152 e. The van der Waals surface area contributed by atoms with Crippen LogP contribution in [-0.4, -0.2) is 32.6 Å². The summed E-state index contributed by atoms with van der Waals surface area (Å²) in [4.78, 5) is 23.5. The van der Waals surface area contributed by atoms with Crippen LogP contribution in [0.3, 0.4) is 0 Å². The Hall–Kier alpha value is -1.95. The number of anilines is 2. The van der Waals surface area contributed by atoms with Crippen molar-refractivity contribution in [1.29, 1.82) is 0 Å². The van der Waals surface area contributed by atoms with E-state index >= 15 is 0 Å². The highest BCUT2D eigenvalue weighted by Crippen LogP contribution is 2.31. The lowest BCUT2D eigenvalue weighted by atomic mass is 10.1. The van der Waals surface area contributed by atoms with Gasteiger partial charge < -0.3 is 15.4 Å². The number of nitroso groups, excluding NO2 is 1. The summed E-state index contributed by atoms with van der Waals surface area (Å²) in [7, 11) is 0. The largest absolute Gasteiger partial charge is 0.397 e. The monoisotopic (exact) mass is 235 g/mol. The Kier molecular flexibility index (Phi) is 3.34. The first kappa shape index (κ1) is 11.5. The lowest BCUT2D eigenvalue weighted by Crippen LogP contribution is -2.36. The average molecular weight is 235 g/mol. The fraction of sp³-hybridized carbons (Fsp3) is 0.364. The maximum atomic E-state index is 10.9. The van der Waals surface area contributed by atoms with E-state index in [0.29, 0.717) is 19.5 Å². The molecule has 0 unspecified atom stereocenters. The molecule has 0 saturated carbocycles. The first-order chi connectivity index (χ1) is 8.26. The number of nitrogens with zero attached hydrogens (tertiary/aromatic N) is 2. The Balaban J connectivity index is 2.38. The summed E-state index contributed by atoms with van der Waals surface area (Å²) >= 11 is 0. The van der Waals surface area contributed by atoms with Crippen molar-refractivity contribution >= 4 is 23.3 Å². The van der Waals surface area contributed by atoms with E-state index in [0.717, 1.165) is 18.8 Å². The standard InChI is InChI=1S/C11H13N3O3/c12-10-6-9(14-1-3-17-4-2-14)5-8(7-15)11(10)13-16/h5-7H,1-4,12H2. The first-order valence-electron chi connectivity index (χ1n) is 5.31. The minimum Gasteiger partial charge on any atom is -0.397 e. The Morgan fingerprint density at radius 2 is 2.06 bits per heavy atom. The van der Waals surface area contributed by atoms with Crippen LogP contribution in [0.15, 0.2) is 17.3 Å². The van der Waals surface area contributed by atoms with Crippen LogP contribution >= 0.6 is 0 Å². The van der Waals surface area contributed by atoms with Crippen molar-refractivity contribution in [1.82, 2.24) is 0 Å². The molecule has 6 heteroatoms. The second-order valence-corrected chi connectivity index (χ2v) is 3.78. The van der Waals surface area contributed by atoms with E-state index in [2.05, 4.69) is 10.1 Å². The number of morpholine rings is 1. The first-order valence-corrected chi connectivity index (χ1v) is 5.31. The molecule has 1 aromatic rings. The van der Waals surface area contributed by atoms with E-state index in [1.807, 2.05) is 0 Å². The van der Waals surface area contributed by atoms with Gasteiger partial charge in [0.25, 0.3) is 0 Å². The molecule has 1 fully saturated rings. The number of hydrogen-bond donors (Lipinski definition) is 1. The van der Waals surface area contributed by atoms with E-state index in [4.69, 9.17) is 10.5 Å². The van der Waals surface area contributed by atoms with Crippen molar-refractivity contribution in [3.05, 3.63) is 22.6 Å². The molecule has 1 aromatic carbocycles. The summed E-state index contributed by atoms with van der Waals surface area (Å²) in [5, 5.41) is 2.78. The molecule has 0 bridgehead atoms. The molecule has 0 aromatic heterocycles. The Morgan fingerprint density at radius 1 is 1.35 bits per heavy atom. The Labute approximate surface area is 98.3 Å². The van der Waals surface area contributed by atoms with E-state index in [1.165, 1.54) is 0 Å². The molecule has 1 aliphatic heterocycles. The van der Waals surface area contributed by atoms with Gasteiger partial charge >= 0.3 is 0 Å². The van der Waals surface area contributed by atoms with Crippen LogP contribution in [0, 0.1) is 4.91 Å². The summed E-state index contributed by atoms with van der Waals surface area (Å²) in [5.74, 6) is 0. The minimum absolute atomic E-state index is 0.0111. The van der Waals surface area contributed by atoms with Gasteiger partial charge in [-0.3, -0.25) is 4.79 Å². The van der Waals surface area contributed by atoms with Gasteiger partial charge in [-0.2, -0.15) is 0 Å². The van der Waals surface area contributed by atoms with Crippen LogP contribution in [-0.2, 0) is 4.74 Å². The number of nitrogen functional groups attached to an aromatic ring is 1. The third kappa shape index (κ3) is 2.26. The van der Waals surface area contributed by atoms with Crippen LogP contribution in [0.5, 0.6) is 0 Å². The molecule has 1 heterocycles. The number of nitrogens with two attached hydrogens (primary N) is 1. The number of ether oxygens (including phenoxy) is 1. The van der Waals surface area contributed by atoms with Gasteiger partial charge in [-0.15, -0.1) is 4.91 Å². The van der Waals surface area contributed by atoms with Crippen LogP contribution in [0.2, 0.25) is 0 Å². The summed E-state index contributed by atoms with van der Waals surface area (Å²) in [6.45, 7) is 2.77. The lowest BCUT2D eigenvalue weighted by Gasteiger charge is -2.29. The van der Waals surface area contributed by atoms with E-state index in [9.17, 15) is 9.70 Å². The fourth-order valence-electron chi connectivity index (χ4n) is 1.86. The molecule has 6 nitrogen and oxygen atoms in total. The molecule has 2 N–H and O–H groups in total. The van der Waals surface area contributed by atoms with Crippen LogP contribution < -0.4 is 10.6 Å². The van der Waals surface area contributed by atoms with Crippen molar-refractivity contribution in [2.24, 2.45) is 5.18 Å². The highest BCUT2D eigenvalue weighted by molar-refractivity contribution is 5.90. The molecule has 0 spiro atoms. The van der Waals surface area contributed by atoms with Gasteiger partial charge in [-0.1, -0.05) is 0 Å². The zero-order valence-electron chi connectivity index (χ0n) is 9.26. The molecule has 0 amide bonds. The lowest BCUT2D eigenvalue weighted by molar-refractivity contribution is 0.112. The molecule has 0 atom stereocenters. The minimum atomic E-state index is 0.0111. The maximum absolute atomic E-state index is 10.9. The molecule has 1 aliphatic rings. The van der Waals surface area contributed by atoms with E-state index in [-0.39, 0.29) is 16.9 Å². The van der Waals surface area contributed by atoms with Crippen LogP contribution in [0.25, 0.3) is 0 Å². The SMILES string of the molecule is Nc1cc(N2CCOCC2)cc(C=O)c1N=O. The van der Waals surface area contributed by atoms with Gasteiger partial charge in [0.1, 0.15) is 5.69 Å². The molecule has 2 rings (SSSR count). The van der Waals surface area contributed by atoms with Crippen LogP contribution in [0.1, 0.15) is 10.4 Å². The fourth-order valence-corrected chi connectivity index (χ4v) is 1.86. The second-order valence-electron chi connectivity index (χ2n) is 3.78. The van der Waals surface area contributed by atoms with Crippen molar-refractivity contribution in [2.45, 2.75) is 0 Å². The van der Waals surface area contributed by atoms with Crippen molar-refractivity contribution < 1.29 is 9.53 Å². The van der Waals surface area contributed by atoms with E-state index in [1.54, 1.807) is 12.1 Å². The van der Waals surface area contributed by atoms with Gasteiger partial charge in [0.2, 0.25) is 0 Å². The van der Waals surface area contributed by atoms with Crippen molar-refractivity contribution in [3.63, 3.8) is 0 Å². The van der Waals surface area contributed by atoms with E-state index < -0.39 is 0 Å². The topological polar surface area (TPSA) is 85.0 Å². The normalized spacial score (nSPS) is 15.6. The van der Waals surface area contributed by atoms with Gasteiger partial charge in [0.05, 0.1) is 18.9 Å². The summed E-state index contributed by atoms with van der Waals surface area (Å²) in [6.07, 6.45) is 0.594. The number of hydrogen-bond acceptors (Lipinski definition) is 6. The molecular weight excluding hydrogens is 222 g/mol. The second kappa shape index (κ2) is 4.92. The number of rotatable bonds is 3. The highest BCUT2D eigenvalue weighted by Gasteiger charge is 2.15. The molecule has 17 heavy (non-hydrogen) atoms. The smallest absolute Gasteiger partial charge is 0.152 e. The van der Waals surface area contributed by atoms with Crippen LogP contribution in [0.4, 0.5) is 17.1 Å². The molecular formula is C11H13N3O3. The summed E-state index contributed by atoms with van der Waals surface area (Å²) in [6, 6.07) is 3.29. The molecule has 0 aliphatic carbocycles. The quantitative estimate of drug-likeness (QED) is 0.485. The average Bonchev–Trinajstić information content (AvgIpc) is 2.38. The molecule has 90 valence electrons. The summed E-state index contributed by atoms with van der Waals surface area (Å²) < 4.78 is 5.24. The number of carbonyl (C=O) groups is 1. The zero-order chi connectivity index (χ0) is 12.3.